The van der Waals surface area contributed by atoms with Crippen LogP contribution in [0.4, 0.5) is 5.69 Å². The van der Waals surface area contributed by atoms with Crippen molar-refractivity contribution >= 4 is 39.1 Å². The van der Waals surface area contributed by atoms with E-state index in [1.54, 1.807) is 41.3 Å². The fraction of sp³-hybridized carbons (Fsp3) is 0.500. The monoisotopic (exact) mass is 563 g/mol. The standard InChI is InChI=1S/C28H38ClN3O5S/c1-4-24(28(34)30-23-10-5-6-11-23)31(20-21-15-17-22(29)18-16-21)27(33)14-9-19-32(38(3,35)36)25-12-7-8-13-26(25)37-2/h7-8,12-13,15-18,23-24H,4-6,9-11,14,19-20H2,1-3H3,(H,30,34). The Bertz CT molecular complexity index is 1180. The van der Waals surface area contributed by atoms with Crippen molar-refractivity contribution in [3.05, 3.63) is 59.1 Å². The summed E-state index contributed by atoms with van der Waals surface area (Å²) in [5.41, 5.74) is 1.28. The molecule has 0 saturated heterocycles. The van der Waals surface area contributed by atoms with Crippen molar-refractivity contribution in [2.24, 2.45) is 0 Å². The molecule has 2 aromatic carbocycles. The van der Waals surface area contributed by atoms with Gasteiger partial charge in [0, 0.05) is 30.6 Å². The number of para-hydroxylation sites is 2. The molecule has 1 fully saturated rings. The fourth-order valence-electron chi connectivity index (χ4n) is 4.89. The van der Waals surface area contributed by atoms with E-state index in [2.05, 4.69) is 5.32 Å². The first-order valence-electron chi connectivity index (χ1n) is 13.1. The van der Waals surface area contributed by atoms with Gasteiger partial charge in [0.05, 0.1) is 19.1 Å². The van der Waals surface area contributed by atoms with Crippen molar-refractivity contribution in [3.8, 4) is 5.75 Å². The van der Waals surface area contributed by atoms with Crippen molar-refractivity contribution in [3.63, 3.8) is 0 Å². The summed E-state index contributed by atoms with van der Waals surface area (Å²) in [6.45, 7) is 2.26. The second kappa shape index (κ2) is 13.8. The number of benzene rings is 2. The molecule has 0 aromatic heterocycles. The summed E-state index contributed by atoms with van der Waals surface area (Å²) < 4.78 is 31.8. The Hall–Kier alpha value is -2.78. The topological polar surface area (TPSA) is 96.0 Å². The lowest BCUT2D eigenvalue weighted by molar-refractivity contribution is -0.141. The number of carbonyl (C=O) groups excluding carboxylic acids is 2. The molecule has 1 aliphatic carbocycles. The number of ether oxygens (including phenoxy) is 1. The van der Waals surface area contributed by atoms with Gasteiger partial charge in [0.2, 0.25) is 21.8 Å². The first-order chi connectivity index (χ1) is 18.1. The highest BCUT2D eigenvalue weighted by molar-refractivity contribution is 7.92. The molecule has 0 aliphatic heterocycles. The quantitative estimate of drug-likeness (QED) is 0.379. The zero-order valence-corrected chi connectivity index (χ0v) is 23.9. The van der Waals surface area contributed by atoms with Crippen LogP contribution >= 0.6 is 11.6 Å². The average molecular weight is 564 g/mol. The van der Waals surface area contributed by atoms with Crippen LogP contribution in [0.1, 0.15) is 57.4 Å². The Labute approximate surface area is 231 Å². The maximum Gasteiger partial charge on any atom is 0.243 e. The zero-order chi connectivity index (χ0) is 27.7. The van der Waals surface area contributed by atoms with Gasteiger partial charge in [0.1, 0.15) is 11.8 Å². The second-order valence-corrected chi connectivity index (χ2v) is 12.0. The molecule has 8 nitrogen and oxygen atoms in total. The summed E-state index contributed by atoms with van der Waals surface area (Å²) in [5.74, 6) is 0.0820. The normalized spacial score (nSPS) is 14.6. The Morgan fingerprint density at radius 3 is 2.37 bits per heavy atom. The molecule has 1 saturated carbocycles. The van der Waals surface area contributed by atoms with E-state index in [1.165, 1.54) is 11.4 Å². The van der Waals surface area contributed by atoms with Crippen molar-refractivity contribution in [2.75, 3.05) is 24.2 Å². The van der Waals surface area contributed by atoms with E-state index in [1.807, 2.05) is 19.1 Å². The lowest BCUT2D eigenvalue weighted by Crippen LogP contribution is -2.51. The van der Waals surface area contributed by atoms with Crippen LogP contribution in [0, 0.1) is 0 Å². The largest absolute Gasteiger partial charge is 0.495 e. The lowest BCUT2D eigenvalue weighted by atomic mass is 10.1. The Balaban J connectivity index is 1.77. The highest BCUT2D eigenvalue weighted by Crippen LogP contribution is 2.30. The molecule has 208 valence electrons. The molecule has 2 aromatic rings. The Morgan fingerprint density at radius 2 is 1.76 bits per heavy atom. The van der Waals surface area contributed by atoms with E-state index in [9.17, 15) is 18.0 Å². The molecule has 1 aliphatic rings. The van der Waals surface area contributed by atoms with E-state index in [0.29, 0.717) is 22.9 Å². The van der Waals surface area contributed by atoms with Crippen LogP contribution in [0.2, 0.25) is 5.02 Å². The Kier molecular flexibility index (Phi) is 10.8. The number of carbonyl (C=O) groups is 2. The third kappa shape index (κ3) is 8.11. The first-order valence-corrected chi connectivity index (χ1v) is 15.3. The number of sulfonamides is 1. The summed E-state index contributed by atoms with van der Waals surface area (Å²) in [5, 5.41) is 3.73. The number of halogens is 1. The maximum atomic E-state index is 13.6. The van der Waals surface area contributed by atoms with Gasteiger partial charge in [0.15, 0.2) is 0 Å². The molecule has 38 heavy (non-hydrogen) atoms. The van der Waals surface area contributed by atoms with Gasteiger partial charge in [-0.05, 0) is 55.5 Å². The van der Waals surface area contributed by atoms with Crippen LogP contribution in [0.5, 0.6) is 5.75 Å². The summed E-state index contributed by atoms with van der Waals surface area (Å²) in [6.07, 6.45) is 6.07. The SMILES string of the molecule is CCC(C(=O)NC1CCCC1)N(Cc1ccc(Cl)cc1)C(=O)CCCN(c1ccccc1OC)S(C)(=O)=O. The van der Waals surface area contributed by atoms with E-state index < -0.39 is 16.1 Å². The smallest absolute Gasteiger partial charge is 0.243 e. The van der Waals surface area contributed by atoms with Crippen molar-refractivity contribution in [2.45, 2.75) is 70.5 Å². The van der Waals surface area contributed by atoms with Crippen LogP contribution in [-0.2, 0) is 26.2 Å². The van der Waals surface area contributed by atoms with E-state index >= 15 is 0 Å². The fourth-order valence-corrected chi connectivity index (χ4v) is 5.99. The summed E-state index contributed by atoms with van der Waals surface area (Å²) >= 11 is 6.05. The summed E-state index contributed by atoms with van der Waals surface area (Å²) in [4.78, 5) is 28.4. The van der Waals surface area contributed by atoms with Gasteiger partial charge in [-0.3, -0.25) is 13.9 Å². The number of hydrogen-bond acceptors (Lipinski definition) is 5. The summed E-state index contributed by atoms with van der Waals surface area (Å²) in [7, 11) is -2.13. The van der Waals surface area contributed by atoms with Crippen LogP contribution in [-0.4, -0.2) is 57.1 Å². The second-order valence-electron chi connectivity index (χ2n) is 9.67. The number of hydrogen-bond donors (Lipinski definition) is 1. The number of nitrogens with zero attached hydrogens (tertiary/aromatic N) is 2. The molecule has 0 bridgehead atoms. The first kappa shape index (κ1) is 29.8. The van der Waals surface area contributed by atoms with Crippen molar-refractivity contribution < 1.29 is 22.7 Å². The number of rotatable bonds is 13. The van der Waals surface area contributed by atoms with Crippen LogP contribution in [0.15, 0.2) is 48.5 Å². The van der Waals surface area contributed by atoms with Gasteiger partial charge < -0.3 is 15.0 Å². The van der Waals surface area contributed by atoms with Gasteiger partial charge in [-0.25, -0.2) is 8.42 Å². The number of amides is 2. The van der Waals surface area contributed by atoms with Gasteiger partial charge in [-0.1, -0.05) is 55.6 Å². The highest BCUT2D eigenvalue weighted by atomic mass is 35.5. The van der Waals surface area contributed by atoms with Crippen LogP contribution in [0.25, 0.3) is 0 Å². The molecule has 2 amide bonds. The van der Waals surface area contributed by atoms with Crippen molar-refractivity contribution in [1.82, 2.24) is 10.2 Å². The van der Waals surface area contributed by atoms with Crippen LogP contribution < -0.4 is 14.4 Å². The number of anilines is 1. The minimum Gasteiger partial charge on any atom is -0.495 e. The Morgan fingerprint density at radius 1 is 1.11 bits per heavy atom. The van der Waals surface area contributed by atoms with Gasteiger partial charge >= 0.3 is 0 Å². The molecule has 1 unspecified atom stereocenters. The third-order valence-electron chi connectivity index (χ3n) is 6.86. The number of nitrogens with one attached hydrogen (secondary N) is 1. The predicted molar refractivity (Wildman–Crippen MR) is 151 cm³/mol. The van der Waals surface area contributed by atoms with Crippen LogP contribution in [0.3, 0.4) is 0 Å². The van der Waals surface area contributed by atoms with Gasteiger partial charge in [-0.15, -0.1) is 0 Å². The van der Waals surface area contributed by atoms with Crippen molar-refractivity contribution in [1.29, 1.82) is 0 Å². The van der Waals surface area contributed by atoms with E-state index in [0.717, 1.165) is 37.5 Å². The molecule has 0 radical (unpaired) electrons. The van der Waals surface area contributed by atoms with Gasteiger partial charge in [-0.2, -0.15) is 0 Å². The maximum absolute atomic E-state index is 13.6. The molecule has 1 atom stereocenters. The zero-order valence-electron chi connectivity index (χ0n) is 22.4. The van der Waals surface area contributed by atoms with E-state index in [-0.39, 0.29) is 43.8 Å². The summed E-state index contributed by atoms with van der Waals surface area (Å²) in [6, 6.07) is 13.6. The lowest BCUT2D eigenvalue weighted by Gasteiger charge is -2.32. The average Bonchev–Trinajstić information content (AvgIpc) is 3.40. The van der Waals surface area contributed by atoms with E-state index in [4.69, 9.17) is 16.3 Å². The molecular weight excluding hydrogens is 526 g/mol. The molecule has 3 rings (SSSR count). The number of methoxy groups -OCH3 is 1. The minimum absolute atomic E-state index is 0.0853. The molecular formula is C28H38ClN3O5S. The van der Waals surface area contributed by atoms with Gasteiger partial charge in [0.25, 0.3) is 0 Å². The molecule has 0 heterocycles. The third-order valence-corrected chi connectivity index (χ3v) is 8.29. The molecule has 10 heteroatoms. The highest BCUT2D eigenvalue weighted by Gasteiger charge is 2.31. The predicted octanol–water partition coefficient (Wildman–Crippen LogP) is 4.76. The molecule has 0 spiro atoms. The minimum atomic E-state index is -3.62. The molecule has 1 N–H and O–H groups in total.